The first-order valence-electron chi connectivity index (χ1n) is 11.0. The molecule has 3 rings (SSSR count). The second-order valence-corrected chi connectivity index (χ2v) is 8.82. The quantitative estimate of drug-likeness (QED) is 0.487. The van der Waals surface area contributed by atoms with Gasteiger partial charge < -0.3 is 15.0 Å². The number of piperazine rings is 1. The average Bonchev–Trinajstić information content (AvgIpc) is 3.25. The second kappa shape index (κ2) is 10.1. The summed E-state index contributed by atoms with van der Waals surface area (Å²) in [7, 11) is 0. The molecule has 0 spiro atoms. The van der Waals surface area contributed by atoms with Gasteiger partial charge in [-0.1, -0.05) is 19.9 Å². The molecule has 0 aromatic heterocycles. The van der Waals surface area contributed by atoms with Crippen LogP contribution in [0.1, 0.15) is 43.7 Å². The number of carbonyl (C=O) groups excluding carboxylic acids is 1. The van der Waals surface area contributed by atoms with E-state index in [9.17, 15) is 31.1 Å². The number of nitrogens with one attached hydrogen (secondary N) is 1. The summed E-state index contributed by atoms with van der Waals surface area (Å²) in [6.07, 6.45) is -13.4. The van der Waals surface area contributed by atoms with E-state index >= 15 is 0 Å². The van der Waals surface area contributed by atoms with Crippen LogP contribution in [0.25, 0.3) is 0 Å². The first kappa shape index (κ1) is 25.6. The summed E-state index contributed by atoms with van der Waals surface area (Å²) in [6, 6.07) is 4.74. The lowest BCUT2D eigenvalue weighted by atomic mass is 9.95. The van der Waals surface area contributed by atoms with Crippen LogP contribution in [-0.4, -0.2) is 68.1 Å². The molecular formula is C22H29F6N3O2. The maximum atomic E-state index is 12.9. The van der Waals surface area contributed by atoms with Gasteiger partial charge in [0, 0.05) is 45.0 Å². The van der Waals surface area contributed by atoms with Crippen molar-refractivity contribution < 1.29 is 35.9 Å². The smallest absolute Gasteiger partial charge is 0.434 e. The van der Waals surface area contributed by atoms with Crippen LogP contribution in [0.3, 0.4) is 0 Å². The maximum Gasteiger partial charge on any atom is 0.434 e. The molecule has 11 heteroatoms. The van der Waals surface area contributed by atoms with Crippen LogP contribution in [0.4, 0.5) is 32.0 Å². The zero-order chi connectivity index (χ0) is 24.4. The van der Waals surface area contributed by atoms with Crippen molar-refractivity contribution in [3.05, 3.63) is 29.3 Å². The number of rotatable bonds is 6. The van der Waals surface area contributed by atoms with Crippen molar-refractivity contribution in [2.45, 2.75) is 63.7 Å². The molecule has 2 aliphatic heterocycles. The fourth-order valence-electron chi connectivity index (χ4n) is 4.34. The first-order valence-corrected chi connectivity index (χ1v) is 11.0. The van der Waals surface area contributed by atoms with Gasteiger partial charge in [0.25, 0.3) is 6.10 Å². The van der Waals surface area contributed by atoms with Crippen LogP contribution in [0, 0.1) is 0 Å². The summed E-state index contributed by atoms with van der Waals surface area (Å²) < 4.78 is 81.2. The lowest BCUT2D eigenvalue weighted by molar-refractivity contribution is -0.314. The Kier molecular flexibility index (Phi) is 7.83. The van der Waals surface area contributed by atoms with Crippen LogP contribution < -0.4 is 10.2 Å². The molecule has 1 N–H and O–H groups in total. The van der Waals surface area contributed by atoms with Gasteiger partial charge >= 0.3 is 18.3 Å². The number of benzene rings is 1. The Bertz CT molecular complexity index is 807. The van der Waals surface area contributed by atoms with Crippen LogP contribution in [-0.2, 0) is 16.1 Å². The predicted molar refractivity (Wildman–Crippen MR) is 111 cm³/mol. The molecule has 0 bridgehead atoms. The number of ether oxygens (including phenoxy) is 1. The zero-order valence-corrected chi connectivity index (χ0v) is 18.6. The molecule has 186 valence electrons. The van der Waals surface area contributed by atoms with Gasteiger partial charge in [0.2, 0.25) is 0 Å². The normalized spacial score (nSPS) is 20.7. The Balaban J connectivity index is 1.79. The van der Waals surface area contributed by atoms with E-state index in [-0.39, 0.29) is 25.6 Å². The van der Waals surface area contributed by atoms with E-state index in [1.807, 2.05) is 26.0 Å². The van der Waals surface area contributed by atoms with E-state index in [1.54, 1.807) is 4.90 Å². The van der Waals surface area contributed by atoms with E-state index in [2.05, 4.69) is 21.0 Å². The van der Waals surface area contributed by atoms with E-state index in [1.165, 1.54) is 0 Å². The number of hydrogen-bond acceptors (Lipinski definition) is 5. The van der Waals surface area contributed by atoms with Gasteiger partial charge in [0.1, 0.15) is 6.04 Å². The standard InChI is InChI=1S/C22H29F6N3O2/c1-14(2)17-11-16(30-8-3-4-9-30)6-5-15(17)13-31-10-7-29-12-18(31)19(32)33-20(21(23,24)25)22(26,27)28/h5-6,11,14,18,20,29H,3-4,7-10,12-13H2,1-2H3. The lowest BCUT2D eigenvalue weighted by Crippen LogP contribution is -2.57. The third-order valence-corrected chi connectivity index (χ3v) is 6.05. The highest BCUT2D eigenvalue weighted by Gasteiger charge is 2.60. The molecule has 2 fully saturated rings. The summed E-state index contributed by atoms with van der Waals surface area (Å²) in [5.74, 6) is -1.39. The molecule has 0 radical (unpaired) electrons. The minimum absolute atomic E-state index is 0.0931. The van der Waals surface area contributed by atoms with Crippen LogP contribution >= 0.6 is 0 Å². The van der Waals surface area contributed by atoms with Gasteiger partial charge in [0.15, 0.2) is 0 Å². The average molecular weight is 481 g/mol. The molecule has 5 nitrogen and oxygen atoms in total. The van der Waals surface area contributed by atoms with Crippen LogP contribution in [0.5, 0.6) is 0 Å². The van der Waals surface area contributed by atoms with E-state index in [0.29, 0.717) is 6.54 Å². The minimum atomic E-state index is -5.74. The summed E-state index contributed by atoms with van der Waals surface area (Å²) >= 11 is 0. The van der Waals surface area contributed by atoms with Crippen molar-refractivity contribution in [3.63, 3.8) is 0 Å². The fraction of sp³-hybridized carbons (Fsp3) is 0.682. The van der Waals surface area contributed by atoms with Gasteiger partial charge in [-0.05, 0) is 42.0 Å². The molecule has 2 aliphatic rings. The highest BCUT2D eigenvalue weighted by atomic mass is 19.4. The fourth-order valence-corrected chi connectivity index (χ4v) is 4.34. The summed E-state index contributed by atoms with van der Waals surface area (Å²) in [6.45, 7) is 6.86. The van der Waals surface area contributed by atoms with E-state index in [4.69, 9.17) is 0 Å². The molecule has 1 aromatic carbocycles. The third-order valence-electron chi connectivity index (χ3n) is 6.05. The van der Waals surface area contributed by atoms with Gasteiger partial charge in [-0.15, -0.1) is 0 Å². The van der Waals surface area contributed by atoms with Crippen LogP contribution in [0.15, 0.2) is 18.2 Å². The SMILES string of the molecule is CC(C)c1cc(N2CCCC2)ccc1CN1CCNCC1C(=O)OC(C(F)(F)F)C(F)(F)F. The minimum Gasteiger partial charge on any atom is -0.442 e. The topological polar surface area (TPSA) is 44.8 Å². The van der Waals surface area contributed by atoms with E-state index < -0.39 is 30.5 Å². The summed E-state index contributed by atoms with van der Waals surface area (Å²) in [4.78, 5) is 16.3. The Morgan fingerprint density at radius 2 is 1.73 bits per heavy atom. The van der Waals surface area contributed by atoms with Crippen molar-refractivity contribution >= 4 is 11.7 Å². The zero-order valence-electron chi connectivity index (χ0n) is 18.6. The Morgan fingerprint density at radius 1 is 1.09 bits per heavy atom. The molecule has 2 heterocycles. The number of nitrogens with zero attached hydrogens (tertiary/aromatic N) is 2. The molecule has 33 heavy (non-hydrogen) atoms. The van der Waals surface area contributed by atoms with E-state index in [0.717, 1.165) is 42.7 Å². The number of esters is 1. The molecule has 0 aliphatic carbocycles. The second-order valence-electron chi connectivity index (χ2n) is 8.82. The Morgan fingerprint density at radius 3 is 2.30 bits per heavy atom. The Labute approximate surface area is 189 Å². The number of carbonyl (C=O) groups is 1. The molecule has 1 unspecified atom stereocenters. The predicted octanol–water partition coefficient (Wildman–Crippen LogP) is 4.22. The van der Waals surface area contributed by atoms with Crippen molar-refractivity contribution in [1.29, 1.82) is 0 Å². The monoisotopic (exact) mass is 481 g/mol. The van der Waals surface area contributed by atoms with Crippen molar-refractivity contribution in [2.24, 2.45) is 0 Å². The first-order chi connectivity index (χ1) is 15.4. The van der Waals surface area contributed by atoms with Gasteiger partial charge in [-0.25, -0.2) is 0 Å². The number of anilines is 1. The molecule has 0 amide bonds. The van der Waals surface area contributed by atoms with Crippen molar-refractivity contribution in [1.82, 2.24) is 10.2 Å². The largest absolute Gasteiger partial charge is 0.442 e. The molecule has 1 aromatic rings. The van der Waals surface area contributed by atoms with Gasteiger partial charge in [-0.3, -0.25) is 9.69 Å². The van der Waals surface area contributed by atoms with Crippen molar-refractivity contribution in [3.8, 4) is 0 Å². The highest BCUT2D eigenvalue weighted by Crippen LogP contribution is 2.36. The molecule has 2 saturated heterocycles. The number of halogens is 6. The highest BCUT2D eigenvalue weighted by molar-refractivity contribution is 5.76. The van der Waals surface area contributed by atoms with Crippen molar-refractivity contribution in [2.75, 3.05) is 37.6 Å². The Hall–Kier alpha value is -2.01. The molecule has 1 atom stereocenters. The van der Waals surface area contributed by atoms with Gasteiger partial charge in [0.05, 0.1) is 0 Å². The number of hydrogen-bond donors (Lipinski definition) is 1. The van der Waals surface area contributed by atoms with Crippen LogP contribution in [0.2, 0.25) is 0 Å². The van der Waals surface area contributed by atoms with Gasteiger partial charge in [-0.2, -0.15) is 26.3 Å². The molecule has 0 saturated carbocycles. The summed E-state index contributed by atoms with van der Waals surface area (Å²) in [5, 5.41) is 2.85. The lowest BCUT2D eigenvalue weighted by Gasteiger charge is -2.36. The summed E-state index contributed by atoms with van der Waals surface area (Å²) in [5.41, 5.74) is 3.01. The number of alkyl halides is 6. The molecular weight excluding hydrogens is 452 g/mol. The maximum absolute atomic E-state index is 12.9. The third kappa shape index (κ3) is 6.32.